The Bertz CT molecular complexity index is 298. The fourth-order valence-corrected chi connectivity index (χ4v) is 1.96. The van der Waals surface area contributed by atoms with E-state index in [0.29, 0.717) is 4.88 Å². The summed E-state index contributed by atoms with van der Waals surface area (Å²) >= 11 is 17.5. The first-order valence-corrected chi connectivity index (χ1v) is 4.30. The van der Waals surface area contributed by atoms with Crippen LogP contribution in [-0.2, 0) is 0 Å². The maximum atomic E-state index is 8.26. The second-order valence-corrected chi connectivity index (χ2v) is 3.77. The van der Waals surface area contributed by atoms with Crippen LogP contribution in [0.15, 0.2) is 5.16 Å². The molecule has 0 saturated heterocycles. The molecular weight excluding hydrogens is 230 g/mol. The Kier molecular flexibility index (Phi) is 2.95. The van der Waals surface area contributed by atoms with E-state index in [1.807, 2.05) is 0 Å². The number of hydrogen-bond acceptors (Lipinski definition) is 4. The zero-order valence-electron chi connectivity index (χ0n) is 4.88. The summed E-state index contributed by atoms with van der Waals surface area (Å²) in [6.07, 6.45) is 0. The van der Waals surface area contributed by atoms with Gasteiger partial charge in [-0.1, -0.05) is 51.3 Å². The number of nitrogens with zero attached hydrogens (tertiary/aromatic N) is 2. The molecule has 0 amide bonds. The molecule has 0 spiro atoms. The molecule has 60 valence electrons. The van der Waals surface area contributed by atoms with Gasteiger partial charge < -0.3 is 5.21 Å². The maximum Gasteiger partial charge on any atom is 0.188 e. The minimum absolute atomic E-state index is 0.112. The van der Waals surface area contributed by atoms with Crippen molar-refractivity contribution in [2.45, 2.75) is 0 Å². The second-order valence-electron chi connectivity index (χ2n) is 1.48. The molecule has 3 nitrogen and oxygen atoms in total. The van der Waals surface area contributed by atoms with Gasteiger partial charge in [-0.2, -0.15) is 0 Å². The van der Waals surface area contributed by atoms with Gasteiger partial charge >= 0.3 is 0 Å². The number of thiazole rings is 1. The van der Waals surface area contributed by atoms with Crippen LogP contribution in [0.1, 0.15) is 4.88 Å². The third-order valence-electron chi connectivity index (χ3n) is 0.835. The molecule has 0 fully saturated rings. The molecule has 0 bridgehead atoms. The minimum Gasteiger partial charge on any atom is -0.410 e. The summed E-state index contributed by atoms with van der Waals surface area (Å²) in [4.78, 5) is 4.01. The summed E-state index contributed by atoms with van der Waals surface area (Å²) < 4.78 is 0.256. The molecule has 1 N–H and O–H groups in total. The second kappa shape index (κ2) is 3.58. The van der Waals surface area contributed by atoms with Gasteiger partial charge in [-0.25, -0.2) is 4.98 Å². The van der Waals surface area contributed by atoms with E-state index in [-0.39, 0.29) is 14.8 Å². The van der Waals surface area contributed by atoms with Gasteiger partial charge in [-0.3, -0.25) is 0 Å². The fourth-order valence-electron chi connectivity index (χ4n) is 0.450. The first-order valence-electron chi connectivity index (χ1n) is 2.35. The Hall–Kier alpha value is -0.0300. The van der Waals surface area contributed by atoms with Crippen molar-refractivity contribution in [2.75, 3.05) is 0 Å². The van der Waals surface area contributed by atoms with Crippen molar-refractivity contribution in [1.29, 1.82) is 0 Å². The summed E-state index contributed by atoms with van der Waals surface area (Å²) in [6.45, 7) is 0. The minimum atomic E-state index is -0.112. The Labute approximate surface area is 81.2 Å². The molecule has 0 aromatic carbocycles. The largest absolute Gasteiger partial charge is 0.410 e. The van der Waals surface area contributed by atoms with Gasteiger partial charge in [0.15, 0.2) is 14.8 Å². The molecule has 1 aromatic rings. The van der Waals surface area contributed by atoms with Gasteiger partial charge in [0.2, 0.25) is 0 Å². The van der Waals surface area contributed by atoms with Crippen molar-refractivity contribution in [3.05, 3.63) is 14.5 Å². The highest BCUT2D eigenvalue weighted by molar-refractivity contribution is 7.19. The normalized spacial score (nSPS) is 12.1. The number of halogens is 3. The highest BCUT2D eigenvalue weighted by Crippen LogP contribution is 2.27. The van der Waals surface area contributed by atoms with Crippen LogP contribution in [-0.4, -0.2) is 15.4 Å². The number of aromatic nitrogens is 1. The summed E-state index contributed by atoms with van der Waals surface area (Å²) in [5, 5.41) is 11.0. The molecule has 0 radical (unpaired) electrons. The predicted molar refractivity (Wildman–Crippen MR) is 46.3 cm³/mol. The lowest BCUT2D eigenvalue weighted by atomic mass is 10.6. The van der Waals surface area contributed by atoms with Crippen LogP contribution in [0, 0.1) is 0 Å². The molecule has 1 rings (SSSR count). The summed E-state index contributed by atoms with van der Waals surface area (Å²) in [5.74, 6) is 0. The third kappa shape index (κ3) is 1.96. The topological polar surface area (TPSA) is 45.5 Å². The zero-order chi connectivity index (χ0) is 8.43. The lowest BCUT2D eigenvalue weighted by molar-refractivity contribution is 0.321. The molecule has 0 aliphatic rings. The molecule has 0 unspecified atom stereocenters. The standard InChI is InChI=1S/C4HCl3N2OS/c5-2-1(3(6)9-10)11-4(7)8-2/h10H/b9-3-. The van der Waals surface area contributed by atoms with Crippen molar-refractivity contribution >= 4 is 51.3 Å². The number of oxime groups is 1. The average molecular weight is 231 g/mol. The van der Waals surface area contributed by atoms with Gasteiger partial charge in [-0.05, 0) is 0 Å². The van der Waals surface area contributed by atoms with Crippen molar-refractivity contribution in [2.24, 2.45) is 5.16 Å². The molecule has 1 heterocycles. The quantitative estimate of drug-likeness (QED) is 0.459. The molecule has 0 aliphatic carbocycles. The fraction of sp³-hybridized carbons (Fsp3) is 0. The highest BCUT2D eigenvalue weighted by atomic mass is 35.5. The first kappa shape index (κ1) is 9.06. The van der Waals surface area contributed by atoms with Gasteiger partial charge in [0, 0.05) is 0 Å². The van der Waals surface area contributed by atoms with Gasteiger partial charge in [0.05, 0.1) is 0 Å². The van der Waals surface area contributed by atoms with Gasteiger partial charge in [-0.15, -0.1) is 0 Å². The number of hydrogen-bond donors (Lipinski definition) is 1. The molecule has 11 heavy (non-hydrogen) atoms. The molecular formula is C4HCl3N2OS. The third-order valence-corrected chi connectivity index (χ3v) is 2.76. The van der Waals surface area contributed by atoms with Crippen molar-refractivity contribution < 1.29 is 5.21 Å². The van der Waals surface area contributed by atoms with Gasteiger partial charge in [0.1, 0.15) is 4.88 Å². The molecule has 0 saturated carbocycles. The van der Waals surface area contributed by atoms with E-state index in [9.17, 15) is 0 Å². The van der Waals surface area contributed by atoms with Crippen molar-refractivity contribution in [1.82, 2.24) is 4.98 Å². The Morgan fingerprint density at radius 3 is 2.55 bits per heavy atom. The van der Waals surface area contributed by atoms with Gasteiger partial charge in [0.25, 0.3) is 0 Å². The molecule has 0 atom stereocenters. The highest BCUT2D eigenvalue weighted by Gasteiger charge is 2.12. The lowest BCUT2D eigenvalue weighted by Gasteiger charge is -1.86. The van der Waals surface area contributed by atoms with Crippen LogP contribution in [0.3, 0.4) is 0 Å². The Balaban J connectivity index is 3.13. The summed E-state index contributed by atoms with van der Waals surface area (Å²) in [5.41, 5.74) is 0. The molecule has 1 aromatic heterocycles. The number of rotatable bonds is 1. The molecule has 7 heteroatoms. The van der Waals surface area contributed by atoms with E-state index in [0.717, 1.165) is 11.3 Å². The van der Waals surface area contributed by atoms with E-state index in [2.05, 4.69) is 10.1 Å². The smallest absolute Gasteiger partial charge is 0.188 e. The van der Waals surface area contributed by atoms with Crippen LogP contribution in [0.4, 0.5) is 0 Å². The van der Waals surface area contributed by atoms with Crippen LogP contribution in [0.25, 0.3) is 0 Å². The van der Waals surface area contributed by atoms with E-state index in [1.54, 1.807) is 0 Å². The Morgan fingerprint density at radius 2 is 2.18 bits per heavy atom. The SMILES string of the molecule is O/N=C(\Cl)c1sc(Cl)nc1Cl. The lowest BCUT2D eigenvalue weighted by Crippen LogP contribution is -1.86. The van der Waals surface area contributed by atoms with Crippen molar-refractivity contribution in [3.8, 4) is 0 Å². The van der Waals surface area contributed by atoms with E-state index >= 15 is 0 Å². The maximum absolute atomic E-state index is 8.26. The average Bonchev–Trinajstić information content (AvgIpc) is 2.28. The zero-order valence-corrected chi connectivity index (χ0v) is 7.97. The monoisotopic (exact) mass is 230 g/mol. The van der Waals surface area contributed by atoms with E-state index in [1.165, 1.54) is 0 Å². The molecule has 0 aliphatic heterocycles. The predicted octanol–water partition coefficient (Wildman–Crippen LogP) is 2.82. The van der Waals surface area contributed by atoms with E-state index in [4.69, 9.17) is 40.0 Å². The van der Waals surface area contributed by atoms with Crippen molar-refractivity contribution in [3.63, 3.8) is 0 Å². The first-order chi connectivity index (χ1) is 5.15. The van der Waals surface area contributed by atoms with Crippen LogP contribution in [0.5, 0.6) is 0 Å². The Morgan fingerprint density at radius 1 is 1.55 bits per heavy atom. The van der Waals surface area contributed by atoms with E-state index < -0.39 is 0 Å². The van der Waals surface area contributed by atoms with Crippen LogP contribution in [0.2, 0.25) is 9.62 Å². The van der Waals surface area contributed by atoms with Crippen LogP contribution < -0.4 is 0 Å². The summed E-state index contributed by atoms with van der Waals surface area (Å²) in [6, 6.07) is 0. The van der Waals surface area contributed by atoms with Crippen LogP contribution >= 0.6 is 46.1 Å². The summed E-state index contributed by atoms with van der Waals surface area (Å²) in [7, 11) is 0.